The topological polar surface area (TPSA) is 73.6 Å². The minimum Gasteiger partial charge on any atom is -0.497 e. The first-order chi connectivity index (χ1) is 10.7. The predicted octanol–water partition coefficient (Wildman–Crippen LogP) is 2.10. The Bertz CT molecular complexity index is 473. The number of methoxy groups -OCH3 is 1. The normalized spacial score (nSPS) is 16.8. The van der Waals surface area contributed by atoms with Gasteiger partial charge in [-0.05, 0) is 30.9 Å². The smallest absolute Gasteiger partial charge is 0.258 e. The first-order valence-electron chi connectivity index (χ1n) is 7.99. The zero-order chi connectivity index (χ0) is 15.8. The minimum atomic E-state index is -0.121. The van der Waals surface area contributed by atoms with E-state index in [1.54, 1.807) is 19.2 Å². The van der Waals surface area contributed by atoms with Crippen LogP contribution in [0.4, 0.5) is 0 Å². The number of hydrogen-bond donors (Lipinski definition) is 2. The summed E-state index contributed by atoms with van der Waals surface area (Å²) in [6.45, 7) is 0.478. The first kappa shape index (κ1) is 16.6. The van der Waals surface area contributed by atoms with Crippen LogP contribution in [0.5, 0.6) is 11.5 Å². The van der Waals surface area contributed by atoms with Crippen LogP contribution in [-0.4, -0.2) is 32.2 Å². The van der Waals surface area contributed by atoms with Crippen LogP contribution in [0, 0.1) is 5.92 Å². The molecule has 0 radical (unpaired) electrons. The molecule has 3 N–H and O–H groups in total. The van der Waals surface area contributed by atoms with Crippen LogP contribution in [0.2, 0.25) is 0 Å². The fourth-order valence-corrected chi connectivity index (χ4v) is 2.99. The van der Waals surface area contributed by atoms with E-state index in [4.69, 9.17) is 15.2 Å². The number of rotatable bonds is 7. The molecule has 0 heterocycles. The number of nitrogens with one attached hydrogen (secondary N) is 1. The van der Waals surface area contributed by atoms with Gasteiger partial charge in [-0.2, -0.15) is 0 Å². The van der Waals surface area contributed by atoms with Crippen LogP contribution in [-0.2, 0) is 4.79 Å². The summed E-state index contributed by atoms with van der Waals surface area (Å²) >= 11 is 0. The predicted molar refractivity (Wildman–Crippen MR) is 86.0 cm³/mol. The van der Waals surface area contributed by atoms with Crippen LogP contribution in [0.25, 0.3) is 0 Å². The Hall–Kier alpha value is -1.75. The van der Waals surface area contributed by atoms with Crippen LogP contribution in [0.3, 0.4) is 0 Å². The molecule has 1 fully saturated rings. The second kappa shape index (κ2) is 8.63. The van der Waals surface area contributed by atoms with Gasteiger partial charge in [0.15, 0.2) is 6.61 Å². The summed E-state index contributed by atoms with van der Waals surface area (Å²) in [5.74, 6) is 1.71. The van der Waals surface area contributed by atoms with Gasteiger partial charge in [0.05, 0.1) is 7.11 Å². The van der Waals surface area contributed by atoms with Crippen molar-refractivity contribution in [2.45, 2.75) is 38.1 Å². The highest BCUT2D eigenvalue weighted by Gasteiger charge is 2.23. The largest absolute Gasteiger partial charge is 0.497 e. The first-order valence-corrected chi connectivity index (χ1v) is 7.99. The lowest BCUT2D eigenvalue weighted by molar-refractivity contribution is -0.124. The molecule has 2 rings (SSSR count). The van der Waals surface area contributed by atoms with Gasteiger partial charge in [-0.1, -0.05) is 25.3 Å². The molecule has 5 nitrogen and oxygen atoms in total. The zero-order valence-electron chi connectivity index (χ0n) is 13.2. The molecule has 22 heavy (non-hydrogen) atoms. The van der Waals surface area contributed by atoms with Crippen molar-refractivity contribution in [3.05, 3.63) is 24.3 Å². The average Bonchev–Trinajstić information content (AvgIpc) is 2.58. The summed E-state index contributed by atoms with van der Waals surface area (Å²) in [5.41, 5.74) is 5.82. The van der Waals surface area contributed by atoms with Crippen LogP contribution < -0.4 is 20.5 Å². The highest BCUT2D eigenvalue weighted by Crippen LogP contribution is 2.26. The lowest BCUT2D eigenvalue weighted by Gasteiger charge is -2.30. The van der Waals surface area contributed by atoms with Crippen molar-refractivity contribution < 1.29 is 14.3 Å². The lowest BCUT2D eigenvalue weighted by atomic mass is 9.84. The Morgan fingerprint density at radius 2 is 2.05 bits per heavy atom. The molecular weight excluding hydrogens is 280 g/mol. The van der Waals surface area contributed by atoms with Crippen molar-refractivity contribution in [3.8, 4) is 11.5 Å². The Kier molecular flexibility index (Phi) is 6.52. The molecule has 0 bridgehead atoms. The standard InChI is InChI=1S/C17H26N2O3/c1-21-14-8-5-9-15(10-14)22-12-17(20)19-16(11-18)13-6-3-2-4-7-13/h5,8-10,13,16H,2-4,6-7,11-12,18H2,1H3,(H,19,20). The summed E-state index contributed by atoms with van der Waals surface area (Å²) < 4.78 is 10.6. The molecule has 1 aromatic carbocycles. The van der Waals surface area contributed by atoms with Gasteiger partial charge in [-0.15, -0.1) is 0 Å². The van der Waals surface area contributed by atoms with E-state index in [0.29, 0.717) is 24.0 Å². The average molecular weight is 306 g/mol. The molecule has 122 valence electrons. The molecule has 0 saturated heterocycles. The summed E-state index contributed by atoms with van der Waals surface area (Å²) in [4.78, 5) is 12.1. The van der Waals surface area contributed by atoms with Crippen LogP contribution >= 0.6 is 0 Å². The van der Waals surface area contributed by atoms with E-state index in [0.717, 1.165) is 12.8 Å². The highest BCUT2D eigenvalue weighted by molar-refractivity contribution is 5.77. The second-order valence-corrected chi connectivity index (χ2v) is 5.78. The number of ether oxygens (including phenoxy) is 2. The van der Waals surface area contributed by atoms with E-state index in [-0.39, 0.29) is 18.6 Å². The van der Waals surface area contributed by atoms with E-state index in [9.17, 15) is 4.79 Å². The van der Waals surface area contributed by atoms with Crippen molar-refractivity contribution >= 4 is 5.91 Å². The van der Waals surface area contributed by atoms with E-state index < -0.39 is 0 Å². The molecule has 5 heteroatoms. The quantitative estimate of drug-likeness (QED) is 0.809. The number of nitrogens with two attached hydrogens (primary N) is 1. The Morgan fingerprint density at radius 3 is 2.73 bits per heavy atom. The van der Waals surface area contributed by atoms with Gasteiger partial charge >= 0.3 is 0 Å². The van der Waals surface area contributed by atoms with Crippen molar-refractivity contribution in [1.82, 2.24) is 5.32 Å². The van der Waals surface area contributed by atoms with Crippen molar-refractivity contribution in [3.63, 3.8) is 0 Å². The molecule has 1 atom stereocenters. The van der Waals surface area contributed by atoms with Gasteiger partial charge in [-0.3, -0.25) is 4.79 Å². The summed E-state index contributed by atoms with van der Waals surface area (Å²) in [6, 6.07) is 7.28. The molecule has 1 amide bonds. The summed E-state index contributed by atoms with van der Waals surface area (Å²) in [6.07, 6.45) is 6.06. The SMILES string of the molecule is COc1cccc(OCC(=O)NC(CN)C2CCCCC2)c1. The van der Waals surface area contributed by atoms with E-state index in [1.165, 1.54) is 19.3 Å². The molecule has 0 aromatic heterocycles. The highest BCUT2D eigenvalue weighted by atomic mass is 16.5. The molecular formula is C17H26N2O3. The second-order valence-electron chi connectivity index (χ2n) is 5.78. The Morgan fingerprint density at radius 1 is 1.32 bits per heavy atom. The van der Waals surface area contributed by atoms with Gasteiger partial charge in [0.2, 0.25) is 0 Å². The third kappa shape index (κ3) is 4.91. The summed E-state index contributed by atoms with van der Waals surface area (Å²) in [7, 11) is 1.60. The molecule has 1 saturated carbocycles. The molecule has 0 spiro atoms. The van der Waals surface area contributed by atoms with Crippen molar-refractivity contribution in [2.75, 3.05) is 20.3 Å². The Balaban J connectivity index is 1.80. The van der Waals surface area contributed by atoms with Crippen molar-refractivity contribution in [1.29, 1.82) is 0 Å². The fraction of sp³-hybridized carbons (Fsp3) is 0.588. The lowest BCUT2D eigenvalue weighted by Crippen LogP contribution is -2.47. The summed E-state index contributed by atoms with van der Waals surface area (Å²) in [5, 5.41) is 3.02. The number of carbonyl (C=O) groups is 1. The molecule has 1 unspecified atom stereocenters. The number of hydrogen-bond acceptors (Lipinski definition) is 4. The van der Waals surface area contributed by atoms with Crippen LogP contribution in [0.15, 0.2) is 24.3 Å². The number of benzene rings is 1. The van der Waals surface area contributed by atoms with E-state index in [2.05, 4.69) is 5.32 Å². The number of carbonyl (C=O) groups excluding carboxylic acids is 1. The third-order valence-corrected chi connectivity index (χ3v) is 4.23. The maximum Gasteiger partial charge on any atom is 0.258 e. The third-order valence-electron chi connectivity index (χ3n) is 4.23. The molecule has 1 aromatic rings. The minimum absolute atomic E-state index is 0.00358. The molecule has 1 aliphatic carbocycles. The van der Waals surface area contributed by atoms with E-state index >= 15 is 0 Å². The van der Waals surface area contributed by atoms with Gasteiger partial charge in [0.25, 0.3) is 5.91 Å². The monoisotopic (exact) mass is 306 g/mol. The van der Waals surface area contributed by atoms with Gasteiger partial charge in [0.1, 0.15) is 11.5 Å². The zero-order valence-corrected chi connectivity index (χ0v) is 13.2. The maximum atomic E-state index is 12.1. The van der Waals surface area contributed by atoms with Gasteiger partial charge in [0, 0.05) is 18.7 Å². The van der Waals surface area contributed by atoms with Crippen LogP contribution in [0.1, 0.15) is 32.1 Å². The van der Waals surface area contributed by atoms with E-state index in [1.807, 2.05) is 12.1 Å². The van der Waals surface area contributed by atoms with Gasteiger partial charge in [-0.25, -0.2) is 0 Å². The van der Waals surface area contributed by atoms with Gasteiger partial charge < -0.3 is 20.5 Å². The Labute approximate surface area is 132 Å². The van der Waals surface area contributed by atoms with Crippen molar-refractivity contribution in [2.24, 2.45) is 11.7 Å². The number of amides is 1. The molecule has 0 aliphatic heterocycles. The maximum absolute atomic E-state index is 12.1. The molecule has 1 aliphatic rings. The fourth-order valence-electron chi connectivity index (χ4n) is 2.99.